The van der Waals surface area contributed by atoms with E-state index in [4.69, 9.17) is 0 Å². The van der Waals surface area contributed by atoms with Gasteiger partial charge in [0, 0.05) is 45.0 Å². The molecule has 2 aliphatic carbocycles. The fraction of sp³-hybridized carbons (Fsp3) is 0.0938. The monoisotopic (exact) mass is 884 g/mol. The van der Waals surface area contributed by atoms with Crippen LogP contribution in [0.5, 0.6) is 0 Å². The van der Waals surface area contributed by atoms with E-state index in [0.29, 0.717) is 0 Å². The number of fused-ring (bicyclic) bond motifs is 6. The molecule has 0 saturated heterocycles. The first-order chi connectivity index (χ1) is 33.0. The molecule has 0 radical (unpaired) electrons. The summed E-state index contributed by atoms with van der Waals surface area (Å²) in [6.07, 6.45) is 8.79. The van der Waals surface area contributed by atoms with Crippen molar-refractivity contribution in [2.75, 3.05) is 9.80 Å². The standard InChI is InChI=1S/C64H50F2N2/c1-63(2)59-39-45(23-35-55(59)57-37-33-53(41-61(57)63)67(49-11-7-5-8-12-49)51-29-25-47(65)26-30-51)21-19-43-15-17-44(18-16-43)20-22-46-24-36-56-58-38-34-54(42-62(58)64(3,4)60(56)40-46)68(50-13-9-6-10-14-50)52-31-27-48(66)28-32-52/h5-42H,1-4H3/b21-19+,22-20+. The van der Waals surface area contributed by atoms with Gasteiger partial charge in [-0.15, -0.1) is 0 Å². The molecule has 0 bridgehead atoms. The van der Waals surface area contributed by atoms with Crippen LogP contribution in [0.15, 0.2) is 206 Å². The molecule has 0 aliphatic heterocycles. The van der Waals surface area contributed by atoms with Crippen LogP contribution in [0.25, 0.3) is 46.6 Å². The number of hydrogen-bond donors (Lipinski definition) is 0. The van der Waals surface area contributed by atoms with Gasteiger partial charge in [-0.3, -0.25) is 0 Å². The number of para-hydroxylation sites is 2. The van der Waals surface area contributed by atoms with Gasteiger partial charge in [-0.25, -0.2) is 8.78 Å². The van der Waals surface area contributed by atoms with Crippen LogP contribution < -0.4 is 9.80 Å². The quantitative estimate of drug-likeness (QED) is 0.126. The van der Waals surface area contributed by atoms with E-state index in [-0.39, 0.29) is 22.5 Å². The number of rotatable bonds is 10. The van der Waals surface area contributed by atoms with E-state index in [1.807, 2.05) is 60.7 Å². The van der Waals surface area contributed by atoms with Gasteiger partial charge in [0.25, 0.3) is 0 Å². The molecule has 2 aliphatic rings. The highest BCUT2D eigenvalue weighted by Crippen LogP contribution is 2.53. The molecule has 11 rings (SSSR count). The Bertz CT molecular complexity index is 3160. The predicted octanol–water partition coefficient (Wildman–Crippen LogP) is 17.9. The van der Waals surface area contributed by atoms with Gasteiger partial charge >= 0.3 is 0 Å². The molecule has 9 aromatic carbocycles. The summed E-state index contributed by atoms with van der Waals surface area (Å²) < 4.78 is 28.0. The Hall–Kier alpha value is -8.08. The molecule has 9 aromatic rings. The van der Waals surface area contributed by atoms with Crippen molar-refractivity contribution in [3.8, 4) is 22.3 Å². The lowest BCUT2D eigenvalue weighted by atomic mass is 9.81. The topological polar surface area (TPSA) is 6.48 Å². The average Bonchev–Trinajstić information content (AvgIpc) is 3.73. The maximum absolute atomic E-state index is 14.0. The van der Waals surface area contributed by atoms with E-state index in [9.17, 15) is 8.78 Å². The lowest BCUT2D eigenvalue weighted by molar-refractivity contribution is 0.627. The molecule has 0 aromatic heterocycles. The Morgan fingerprint density at radius 3 is 0.941 bits per heavy atom. The lowest BCUT2D eigenvalue weighted by Gasteiger charge is -2.28. The second-order valence-corrected chi connectivity index (χ2v) is 18.9. The van der Waals surface area contributed by atoms with Gasteiger partial charge in [-0.2, -0.15) is 0 Å². The van der Waals surface area contributed by atoms with Gasteiger partial charge in [-0.1, -0.05) is 161 Å². The predicted molar refractivity (Wildman–Crippen MR) is 282 cm³/mol. The zero-order chi connectivity index (χ0) is 46.6. The Balaban J connectivity index is 0.796. The van der Waals surface area contributed by atoms with Crippen molar-refractivity contribution >= 4 is 58.4 Å². The number of benzene rings is 9. The molecule has 0 amide bonds. The molecule has 0 N–H and O–H groups in total. The first-order valence-corrected chi connectivity index (χ1v) is 23.3. The minimum absolute atomic E-state index is 0.220. The van der Waals surface area contributed by atoms with Gasteiger partial charge in [0.05, 0.1) is 0 Å². The zero-order valence-electron chi connectivity index (χ0n) is 38.6. The smallest absolute Gasteiger partial charge is 0.123 e. The Kier molecular flexibility index (Phi) is 10.6. The highest BCUT2D eigenvalue weighted by molar-refractivity contribution is 5.89. The molecule has 0 spiro atoms. The van der Waals surface area contributed by atoms with Crippen molar-refractivity contribution in [2.24, 2.45) is 0 Å². The summed E-state index contributed by atoms with van der Waals surface area (Å²) in [7, 11) is 0. The fourth-order valence-corrected chi connectivity index (χ4v) is 10.3. The summed E-state index contributed by atoms with van der Waals surface area (Å²) >= 11 is 0. The van der Waals surface area contributed by atoms with Gasteiger partial charge in [-0.05, 0) is 164 Å². The van der Waals surface area contributed by atoms with Gasteiger partial charge in [0.2, 0.25) is 0 Å². The van der Waals surface area contributed by atoms with Crippen molar-refractivity contribution < 1.29 is 8.78 Å². The molecular formula is C64H50F2N2. The van der Waals surface area contributed by atoms with Gasteiger partial charge < -0.3 is 9.80 Å². The highest BCUT2D eigenvalue weighted by atomic mass is 19.1. The number of nitrogens with zero attached hydrogens (tertiary/aromatic N) is 2. The van der Waals surface area contributed by atoms with Crippen LogP contribution in [0.4, 0.5) is 42.9 Å². The second kappa shape index (κ2) is 17.0. The minimum atomic E-state index is -0.251. The van der Waals surface area contributed by atoms with Crippen LogP contribution in [0.3, 0.4) is 0 Å². The third-order valence-corrected chi connectivity index (χ3v) is 14.0. The van der Waals surface area contributed by atoms with E-state index in [1.165, 1.54) is 68.8 Å². The first kappa shape index (κ1) is 42.5. The molecule has 0 atom stereocenters. The largest absolute Gasteiger partial charge is 0.310 e. The number of hydrogen-bond acceptors (Lipinski definition) is 2. The highest BCUT2D eigenvalue weighted by Gasteiger charge is 2.37. The van der Waals surface area contributed by atoms with Crippen LogP contribution in [0.1, 0.15) is 72.2 Å². The average molecular weight is 885 g/mol. The molecule has 0 heterocycles. The number of halogens is 2. The molecule has 0 unspecified atom stereocenters. The molecule has 0 saturated carbocycles. The van der Waals surface area contributed by atoms with Crippen LogP contribution in [0, 0.1) is 11.6 Å². The summed E-state index contributed by atoms with van der Waals surface area (Å²) in [5.74, 6) is -0.501. The zero-order valence-corrected chi connectivity index (χ0v) is 38.6. The van der Waals surface area contributed by atoms with Crippen LogP contribution in [-0.4, -0.2) is 0 Å². The van der Waals surface area contributed by atoms with Crippen LogP contribution >= 0.6 is 0 Å². The van der Waals surface area contributed by atoms with E-state index in [2.05, 4.69) is 183 Å². The van der Waals surface area contributed by atoms with Crippen molar-refractivity contribution in [2.45, 2.75) is 38.5 Å². The minimum Gasteiger partial charge on any atom is -0.310 e. The van der Waals surface area contributed by atoms with Crippen LogP contribution in [0.2, 0.25) is 0 Å². The maximum Gasteiger partial charge on any atom is 0.123 e. The summed E-state index contributed by atoms with van der Waals surface area (Å²) in [5.41, 5.74) is 20.3. The number of anilines is 6. The third kappa shape index (κ3) is 7.72. The molecule has 2 nitrogen and oxygen atoms in total. The summed E-state index contributed by atoms with van der Waals surface area (Å²) in [6.45, 7) is 9.23. The summed E-state index contributed by atoms with van der Waals surface area (Å²) in [5, 5.41) is 0. The molecule has 68 heavy (non-hydrogen) atoms. The third-order valence-electron chi connectivity index (χ3n) is 14.0. The normalized spacial score (nSPS) is 13.9. The summed E-state index contributed by atoms with van der Waals surface area (Å²) in [4.78, 5) is 4.38. The molecule has 4 heteroatoms. The van der Waals surface area contributed by atoms with E-state index in [0.717, 1.165) is 56.4 Å². The molecular weight excluding hydrogens is 835 g/mol. The van der Waals surface area contributed by atoms with Crippen molar-refractivity contribution in [1.29, 1.82) is 0 Å². The Morgan fingerprint density at radius 1 is 0.294 bits per heavy atom. The van der Waals surface area contributed by atoms with E-state index in [1.54, 1.807) is 0 Å². The Morgan fingerprint density at radius 2 is 0.574 bits per heavy atom. The van der Waals surface area contributed by atoms with Crippen molar-refractivity contribution in [3.63, 3.8) is 0 Å². The SMILES string of the molecule is CC1(C)c2cc(/C=C/c3ccc(/C=C/c4ccc5c(c4)C(C)(C)c4cc(N(c6ccccc6)c6ccc(F)cc6)ccc4-5)cc3)ccc2-c2ccc(N(c3ccccc3)c3ccc(F)cc3)cc21. The molecule has 330 valence electrons. The van der Waals surface area contributed by atoms with E-state index < -0.39 is 0 Å². The van der Waals surface area contributed by atoms with Crippen molar-refractivity contribution in [3.05, 3.63) is 262 Å². The Labute approximate surface area is 398 Å². The first-order valence-electron chi connectivity index (χ1n) is 23.3. The summed E-state index contributed by atoms with van der Waals surface area (Å²) in [6, 6.07) is 69.7. The second-order valence-electron chi connectivity index (χ2n) is 18.9. The van der Waals surface area contributed by atoms with Gasteiger partial charge in [0.15, 0.2) is 0 Å². The van der Waals surface area contributed by atoms with Crippen molar-refractivity contribution in [1.82, 2.24) is 0 Å². The fourth-order valence-electron chi connectivity index (χ4n) is 10.3. The van der Waals surface area contributed by atoms with E-state index >= 15 is 0 Å². The van der Waals surface area contributed by atoms with Crippen LogP contribution in [-0.2, 0) is 10.8 Å². The molecule has 0 fully saturated rings. The lowest BCUT2D eigenvalue weighted by Crippen LogP contribution is -2.16. The van der Waals surface area contributed by atoms with Gasteiger partial charge in [0.1, 0.15) is 11.6 Å². The maximum atomic E-state index is 14.0.